The normalized spacial score (nSPS) is 12.8. The number of thiazole rings is 1. The van der Waals surface area contributed by atoms with E-state index in [1.54, 1.807) is 11.3 Å². The zero-order chi connectivity index (χ0) is 12.1. The van der Waals surface area contributed by atoms with Gasteiger partial charge in [0.25, 0.3) is 0 Å². The van der Waals surface area contributed by atoms with Gasteiger partial charge in [0.15, 0.2) is 4.34 Å². The Morgan fingerprint density at radius 3 is 3.12 bits per heavy atom. The van der Waals surface area contributed by atoms with Crippen molar-refractivity contribution >= 4 is 33.3 Å². The third kappa shape index (κ3) is 3.56. The molecule has 0 aliphatic heterocycles. The molecular weight excluding hydrogens is 248 g/mol. The van der Waals surface area contributed by atoms with Gasteiger partial charge in [-0.3, -0.25) is 0 Å². The molecule has 0 spiro atoms. The van der Waals surface area contributed by atoms with Crippen LogP contribution in [0.4, 0.5) is 0 Å². The molecule has 1 unspecified atom stereocenters. The molecule has 2 rings (SSSR count). The monoisotopic (exact) mass is 264 g/mol. The van der Waals surface area contributed by atoms with Crippen LogP contribution in [0.2, 0.25) is 0 Å². The van der Waals surface area contributed by atoms with Gasteiger partial charge in [-0.25, -0.2) is 4.98 Å². The van der Waals surface area contributed by atoms with Crippen LogP contribution in [0.15, 0.2) is 41.3 Å². The molecule has 1 atom stereocenters. The van der Waals surface area contributed by atoms with Crippen molar-refractivity contribution in [1.29, 1.82) is 0 Å². The number of nitrogens with one attached hydrogen (secondary N) is 1. The molecule has 4 heteroatoms. The van der Waals surface area contributed by atoms with E-state index in [1.807, 2.05) is 23.9 Å². The second kappa shape index (κ2) is 6.19. The van der Waals surface area contributed by atoms with Crippen LogP contribution in [0.25, 0.3) is 10.2 Å². The van der Waals surface area contributed by atoms with Crippen LogP contribution in [-0.4, -0.2) is 23.3 Å². The van der Waals surface area contributed by atoms with Crippen LogP contribution in [0, 0.1) is 0 Å². The highest BCUT2D eigenvalue weighted by Gasteiger charge is 2.08. The molecule has 2 aromatic rings. The van der Waals surface area contributed by atoms with Gasteiger partial charge in [-0.1, -0.05) is 36.9 Å². The average Bonchev–Trinajstić information content (AvgIpc) is 2.71. The predicted octanol–water partition coefficient (Wildman–Crippen LogP) is 3.55. The third-order valence-electron chi connectivity index (χ3n) is 2.30. The number of benzene rings is 1. The van der Waals surface area contributed by atoms with Gasteiger partial charge in [-0.2, -0.15) is 0 Å². The average molecular weight is 264 g/mol. The minimum Gasteiger partial charge on any atom is -0.312 e. The molecular formula is C13H16N2S2. The fraction of sp³-hybridized carbons (Fsp3) is 0.308. The Bertz CT molecular complexity index is 460. The maximum absolute atomic E-state index is 4.61. The zero-order valence-corrected chi connectivity index (χ0v) is 11.5. The highest BCUT2D eigenvalue weighted by Crippen LogP contribution is 2.31. The molecule has 0 radical (unpaired) electrons. The van der Waals surface area contributed by atoms with Gasteiger partial charge in [0.05, 0.1) is 10.2 Å². The summed E-state index contributed by atoms with van der Waals surface area (Å²) >= 11 is 3.60. The number of fused-ring (bicyclic) bond motifs is 1. The number of nitrogens with zero attached hydrogens (tertiary/aromatic N) is 1. The van der Waals surface area contributed by atoms with Crippen molar-refractivity contribution in [3.05, 3.63) is 36.9 Å². The molecule has 0 bridgehead atoms. The topological polar surface area (TPSA) is 24.9 Å². The van der Waals surface area contributed by atoms with Gasteiger partial charge in [-0.15, -0.1) is 17.9 Å². The maximum Gasteiger partial charge on any atom is 0.151 e. The van der Waals surface area contributed by atoms with Crippen LogP contribution in [-0.2, 0) is 0 Å². The summed E-state index contributed by atoms with van der Waals surface area (Å²) in [6.07, 6.45) is 1.88. The van der Waals surface area contributed by atoms with E-state index in [-0.39, 0.29) is 0 Å². The Morgan fingerprint density at radius 2 is 2.35 bits per heavy atom. The van der Waals surface area contributed by atoms with E-state index >= 15 is 0 Å². The second-order valence-corrected chi connectivity index (χ2v) is 6.54. The summed E-state index contributed by atoms with van der Waals surface area (Å²) in [6.45, 7) is 7.75. The molecule has 17 heavy (non-hydrogen) atoms. The standard InChI is InChI=1S/C13H16N2S2/c1-3-8-14-9-10(2)16-13-15-11-6-4-5-7-12(11)17-13/h3-7,10,14H,1,8-9H2,2H3. The Labute approximate surface area is 110 Å². The molecule has 0 saturated carbocycles. The summed E-state index contributed by atoms with van der Waals surface area (Å²) in [6, 6.07) is 8.28. The van der Waals surface area contributed by atoms with E-state index in [4.69, 9.17) is 0 Å². The van der Waals surface area contributed by atoms with Crippen LogP contribution in [0.1, 0.15) is 6.92 Å². The number of rotatable bonds is 6. The third-order valence-corrected chi connectivity index (χ3v) is 4.53. The Kier molecular flexibility index (Phi) is 4.59. The van der Waals surface area contributed by atoms with E-state index in [0.717, 1.165) is 22.9 Å². The van der Waals surface area contributed by atoms with Crippen molar-refractivity contribution in [2.24, 2.45) is 0 Å². The lowest BCUT2D eigenvalue weighted by Gasteiger charge is -2.08. The number of hydrogen-bond acceptors (Lipinski definition) is 4. The van der Waals surface area contributed by atoms with E-state index < -0.39 is 0 Å². The van der Waals surface area contributed by atoms with Crippen LogP contribution in [0.5, 0.6) is 0 Å². The summed E-state index contributed by atoms with van der Waals surface area (Å²) < 4.78 is 2.42. The zero-order valence-electron chi connectivity index (χ0n) is 9.85. The van der Waals surface area contributed by atoms with Gasteiger partial charge in [0.2, 0.25) is 0 Å². The highest BCUT2D eigenvalue weighted by atomic mass is 32.2. The first-order chi connectivity index (χ1) is 8.29. The first-order valence-electron chi connectivity index (χ1n) is 5.63. The Balaban J connectivity index is 1.95. The fourth-order valence-corrected chi connectivity index (χ4v) is 3.85. The van der Waals surface area contributed by atoms with Gasteiger partial charge >= 0.3 is 0 Å². The van der Waals surface area contributed by atoms with Gasteiger partial charge in [-0.05, 0) is 12.1 Å². The fourth-order valence-electron chi connectivity index (χ4n) is 1.50. The van der Waals surface area contributed by atoms with Crippen molar-refractivity contribution in [2.45, 2.75) is 16.5 Å². The van der Waals surface area contributed by atoms with Crippen molar-refractivity contribution in [1.82, 2.24) is 10.3 Å². The van der Waals surface area contributed by atoms with Crippen LogP contribution < -0.4 is 5.32 Å². The van der Waals surface area contributed by atoms with Crippen LogP contribution in [0.3, 0.4) is 0 Å². The lowest BCUT2D eigenvalue weighted by atomic mass is 10.3. The van der Waals surface area contributed by atoms with Crippen molar-refractivity contribution < 1.29 is 0 Å². The van der Waals surface area contributed by atoms with Crippen molar-refractivity contribution in [2.75, 3.05) is 13.1 Å². The predicted molar refractivity (Wildman–Crippen MR) is 78.0 cm³/mol. The van der Waals surface area contributed by atoms with Crippen molar-refractivity contribution in [3.63, 3.8) is 0 Å². The maximum atomic E-state index is 4.61. The summed E-state index contributed by atoms with van der Waals surface area (Å²) in [4.78, 5) is 4.61. The smallest absolute Gasteiger partial charge is 0.151 e. The largest absolute Gasteiger partial charge is 0.312 e. The summed E-state index contributed by atoms with van der Waals surface area (Å²) in [5.41, 5.74) is 1.10. The van der Waals surface area contributed by atoms with E-state index in [0.29, 0.717) is 5.25 Å². The summed E-state index contributed by atoms with van der Waals surface area (Å²) in [7, 11) is 0. The molecule has 0 aliphatic carbocycles. The minimum atomic E-state index is 0.524. The minimum absolute atomic E-state index is 0.524. The number of aromatic nitrogens is 1. The summed E-state index contributed by atoms with van der Waals surface area (Å²) in [5, 5.41) is 3.85. The first-order valence-corrected chi connectivity index (χ1v) is 7.33. The first kappa shape index (κ1) is 12.6. The molecule has 1 N–H and O–H groups in total. The molecule has 90 valence electrons. The molecule has 1 aromatic heterocycles. The SMILES string of the molecule is C=CCNCC(C)Sc1nc2ccccc2s1. The highest BCUT2D eigenvalue weighted by molar-refractivity contribution is 8.01. The Hall–Kier alpha value is -0.840. The molecule has 0 amide bonds. The molecule has 2 nitrogen and oxygen atoms in total. The van der Waals surface area contributed by atoms with Gasteiger partial charge < -0.3 is 5.32 Å². The molecule has 0 aliphatic rings. The van der Waals surface area contributed by atoms with E-state index in [2.05, 4.69) is 42.0 Å². The molecule has 1 heterocycles. The lowest BCUT2D eigenvalue weighted by Crippen LogP contribution is -2.22. The number of thioether (sulfide) groups is 1. The van der Waals surface area contributed by atoms with Gasteiger partial charge in [0.1, 0.15) is 0 Å². The summed E-state index contributed by atoms with van der Waals surface area (Å²) in [5.74, 6) is 0. The van der Waals surface area contributed by atoms with Crippen LogP contribution >= 0.6 is 23.1 Å². The quantitative estimate of drug-likeness (QED) is 0.490. The van der Waals surface area contributed by atoms with E-state index in [9.17, 15) is 0 Å². The molecule has 0 fully saturated rings. The van der Waals surface area contributed by atoms with E-state index in [1.165, 1.54) is 4.70 Å². The lowest BCUT2D eigenvalue weighted by molar-refractivity contribution is 0.740. The molecule has 0 saturated heterocycles. The number of hydrogen-bond donors (Lipinski definition) is 1. The number of para-hydroxylation sites is 1. The second-order valence-electron chi connectivity index (χ2n) is 3.82. The molecule has 1 aromatic carbocycles. The van der Waals surface area contributed by atoms with Gasteiger partial charge in [0, 0.05) is 18.3 Å². The van der Waals surface area contributed by atoms with Crippen molar-refractivity contribution in [3.8, 4) is 0 Å². The Morgan fingerprint density at radius 1 is 1.53 bits per heavy atom.